The summed E-state index contributed by atoms with van der Waals surface area (Å²) >= 11 is 5.73. The van der Waals surface area contributed by atoms with E-state index < -0.39 is 15.7 Å². The number of carbonyl (C=O) groups is 2. The number of amides is 1. The van der Waals surface area contributed by atoms with Gasteiger partial charge in [0.05, 0.1) is 10.6 Å². The van der Waals surface area contributed by atoms with Crippen LogP contribution in [0.1, 0.15) is 23.7 Å². The van der Waals surface area contributed by atoms with Crippen molar-refractivity contribution in [1.82, 2.24) is 0 Å². The molecule has 0 aliphatic carbocycles. The first-order chi connectivity index (χ1) is 11.3. The molecule has 0 fully saturated rings. The number of halogens is 1. The maximum atomic E-state index is 12.2. The van der Waals surface area contributed by atoms with E-state index in [0.717, 1.165) is 0 Å². The molecule has 0 atom stereocenters. The quantitative estimate of drug-likeness (QED) is 0.796. The fraction of sp³-hybridized carbons (Fsp3) is 0.176. The zero-order valence-corrected chi connectivity index (χ0v) is 14.5. The van der Waals surface area contributed by atoms with Gasteiger partial charge >= 0.3 is 0 Å². The van der Waals surface area contributed by atoms with Crippen molar-refractivity contribution >= 4 is 38.8 Å². The van der Waals surface area contributed by atoms with E-state index >= 15 is 0 Å². The lowest BCUT2D eigenvalue weighted by molar-refractivity contribution is -0.115. The van der Waals surface area contributed by atoms with Gasteiger partial charge in [-0.3, -0.25) is 9.59 Å². The summed E-state index contributed by atoms with van der Waals surface area (Å²) < 4.78 is 24.4. The average molecular weight is 366 g/mol. The molecule has 0 aliphatic heterocycles. The van der Waals surface area contributed by atoms with E-state index in [2.05, 4.69) is 5.32 Å². The molecule has 0 bridgehead atoms. The summed E-state index contributed by atoms with van der Waals surface area (Å²) in [5.41, 5.74) is 0.929. The molecule has 0 radical (unpaired) electrons. The lowest BCUT2D eigenvalue weighted by atomic mass is 10.1. The third-order valence-corrected chi connectivity index (χ3v) is 5.31. The van der Waals surface area contributed by atoms with Crippen LogP contribution in [-0.2, 0) is 14.6 Å². The monoisotopic (exact) mass is 365 g/mol. The van der Waals surface area contributed by atoms with E-state index in [1.165, 1.54) is 31.2 Å². The summed E-state index contributed by atoms with van der Waals surface area (Å²) in [6.45, 7) is 1.43. The Labute approximate surface area is 145 Å². The lowest BCUT2D eigenvalue weighted by Crippen LogP contribution is -2.17. The molecule has 0 aliphatic rings. The number of benzene rings is 2. The van der Waals surface area contributed by atoms with Crippen LogP contribution in [0, 0.1) is 0 Å². The normalized spacial score (nSPS) is 11.1. The van der Waals surface area contributed by atoms with Gasteiger partial charge in [0.25, 0.3) is 0 Å². The molecular formula is C17H16ClNO4S. The highest BCUT2D eigenvalue weighted by Crippen LogP contribution is 2.17. The maximum Gasteiger partial charge on any atom is 0.225 e. The number of rotatable bonds is 6. The zero-order valence-electron chi connectivity index (χ0n) is 13.0. The SMILES string of the molecule is CC(=O)c1cccc(NC(=O)CCS(=O)(=O)c2ccc(Cl)cc2)c1. The van der Waals surface area contributed by atoms with Gasteiger partial charge in [-0.2, -0.15) is 0 Å². The number of nitrogens with one attached hydrogen (secondary N) is 1. The molecule has 5 nitrogen and oxygen atoms in total. The predicted octanol–water partition coefficient (Wildman–Crippen LogP) is 3.35. The van der Waals surface area contributed by atoms with E-state index in [0.29, 0.717) is 16.3 Å². The average Bonchev–Trinajstić information content (AvgIpc) is 2.54. The Morgan fingerprint density at radius 2 is 1.75 bits per heavy atom. The van der Waals surface area contributed by atoms with Crippen LogP contribution in [0.15, 0.2) is 53.4 Å². The van der Waals surface area contributed by atoms with Crippen molar-refractivity contribution in [3.8, 4) is 0 Å². The van der Waals surface area contributed by atoms with Gasteiger partial charge in [-0.1, -0.05) is 23.7 Å². The van der Waals surface area contributed by atoms with Crippen LogP contribution in [0.5, 0.6) is 0 Å². The van der Waals surface area contributed by atoms with Crippen molar-refractivity contribution < 1.29 is 18.0 Å². The van der Waals surface area contributed by atoms with Crippen LogP contribution >= 0.6 is 11.6 Å². The van der Waals surface area contributed by atoms with Gasteiger partial charge in [-0.05, 0) is 43.3 Å². The summed E-state index contributed by atoms with van der Waals surface area (Å²) in [7, 11) is -3.56. The van der Waals surface area contributed by atoms with Crippen LogP contribution in [0.25, 0.3) is 0 Å². The second-order valence-electron chi connectivity index (χ2n) is 5.21. The minimum absolute atomic E-state index is 0.114. The van der Waals surface area contributed by atoms with Crippen LogP contribution in [-0.4, -0.2) is 25.9 Å². The lowest BCUT2D eigenvalue weighted by Gasteiger charge is -2.07. The first-order valence-electron chi connectivity index (χ1n) is 7.17. The molecule has 2 aromatic carbocycles. The van der Waals surface area contributed by atoms with E-state index in [4.69, 9.17) is 11.6 Å². The maximum absolute atomic E-state index is 12.2. The minimum Gasteiger partial charge on any atom is -0.326 e. The first-order valence-corrected chi connectivity index (χ1v) is 9.20. The third kappa shape index (κ3) is 4.91. The first kappa shape index (κ1) is 18.2. The molecule has 7 heteroatoms. The van der Waals surface area contributed by atoms with Crippen molar-refractivity contribution in [3.63, 3.8) is 0 Å². The van der Waals surface area contributed by atoms with Crippen molar-refractivity contribution in [2.45, 2.75) is 18.2 Å². The molecule has 0 saturated carbocycles. The Hall–Kier alpha value is -2.18. The number of hydrogen-bond donors (Lipinski definition) is 1. The van der Waals surface area contributed by atoms with E-state index in [1.807, 2.05) is 0 Å². The number of carbonyl (C=O) groups excluding carboxylic acids is 2. The molecule has 2 aromatic rings. The highest BCUT2D eigenvalue weighted by molar-refractivity contribution is 7.91. The molecular weight excluding hydrogens is 350 g/mol. The number of ketones is 1. The summed E-state index contributed by atoms with van der Waals surface area (Å²) in [5, 5.41) is 3.04. The summed E-state index contributed by atoms with van der Waals surface area (Å²) in [4.78, 5) is 23.4. The number of sulfone groups is 1. The Balaban J connectivity index is 1.99. The van der Waals surface area contributed by atoms with Gasteiger partial charge in [0.15, 0.2) is 15.6 Å². The number of anilines is 1. The molecule has 0 saturated heterocycles. The second kappa shape index (κ2) is 7.59. The third-order valence-electron chi connectivity index (χ3n) is 3.32. The van der Waals surface area contributed by atoms with Gasteiger partial charge in [-0.25, -0.2) is 8.42 Å². The van der Waals surface area contributed by atoms with Gasteiger partial charge in [0.2, 0.25) is 5.91 Å². The van der Waals surface area contributed by atoms with Crippen molar-refractivity contribution in [2.24, 2.45) is 0 Å². The van der Waals surface area contributed by atoms with Crippen molar-refractivity contribution in [3.05, 3.63) is 59.1 Å². The Morgan fingerprint density at radius 1 is 1.08 bits per heavy atom. The molecule has 1 N–H and O–H groups in total. The molecule has 0 spiro atoms. The highest BCUT2D eigenvalue weighted by Gasteiger charge is 2.16. The number of hydrogen-bond acceptors (Lipinski definition) is 4. The van der Waals surface area contributed by atoms with Gasteiger partial charge in [0, 0.05) is 22.7 Å². The van der Waals surface area contributed by atoms with Gasteiger partial charge < -0.3 is 5.32 Å². The van der Waals surface area contributed by atoms with Gasteiger partial charge in [-0.15, -0.1) is 0 Å². The fourth-order valence-corrected chi connectivity index (χ4v) is 3.39. The minimum atomic E-state index is -3.56. The molecule has 0 aromatic heterocycles. The second-order valence-corrected chi connectivity index (χ2v) is 7.75. The van der Waals surface area contributed by atoms with Crippen LogP contribution in [0.4, 0.5) is 5.69 Å². The Morgan fingerprint density at radius 3 is 2.38 bits per heavy atom. The molecule has 1 amide bonds. The highest BCUT2D eigenvalue weighted by atomic mass is 35.5. The Bertz CT molecular complexity index is 860. The fourth-order valence-electron chi connectivity index (χ4n) is 2.03. The van der Waals surface area contributed by atoms with Gasteiger partial charge in [0.1, 0.15) is 0 Å². The largest absolute Gasteiger partial charge is 0.326 e. The molecule has 0 heterocycles. The van der Waals surface area contributed by atoms with Crippen LogP contribution in [0.2, 0.25) is 5.02 Å². The smallest absolute Gasteiger partial charge is 0.225 e. The Kier molecular flexibility index (Phi) is 5.75. The van der Waals surface area contributed by atoms with Crippen LogP contribution < -0.4 is 5.32 Å². The summed E-state index contributed by atoms with van der Waals surface area (Å²) in [5.74, 6) is -0.864. The number of Topliss-reactive ketones (excluding diaryl/α,β-unsaturated/α-hetero) is 1. The molecule has 2 rings (SSSR count). The summed E-state index contributed by atoms with van der Waals surface area (Å²) in [6, 6.07) is 12.3. The molecule has 126 valence electrons. The molecule has 0 unspecified atom stereocenters. The zero-order chi connectivity index (χ0) is 17.7. The topological polar surface area (TPSA) is 80.3 Å². The van der Waals surface area contributed by atoms with Crippen molar-refractivity contribution in [2.75, 3.05) is 11.1 Å². The predicted molar refractivity (Wildman–Crippen MR) is 93.2 cm³/mol. The standard InChI is InChI=1S/C17H16ClNO4S/c1-12(20)13-3-2-4-15(11-13)19-17(21)9-10-24(22,23)16-7-5-14(18)6-8-16/h2-8,11H,9-10H2,1H3,(H,19,21). The van der Waals surface area contributed by atoms with Crippen LogP contribution in [0.3, 0.4) is 0 Å². The van der Waals surface area contributed by atoms with Crippen molar-refractivity contribution in [1.29, 1.82) is 0 Å². The summed E-state index contributed by atoms with van der Waals surface area (Å²) in [6.07, 6.45) is -0.185. The van der Waals surface area contributed by atoms with E-state index in [9.17, 15) is 18.0 Å². The molecule has 24 heavy (non-hydrogen) atoms. The van der Waals surface area contributed by atoms with E-state index in [1.54, 1.807) is 24.3 Å². The van der Waals surface area contributed by atoms with E-state index in [-0.39, 0.29) is 22.9 Å².